The summed E-state index contributed by atoms with van der Waals surface area (Å²) in [6.07, 6.45) is 4.46. The summed E-state index contributed by atoms with van der Waals surface area (Å²) in [4.78, 5) is 20.2. The van der Waals surface area contributed by atoms with E-state index in [4.69, 9.17) is 36.1 Å². The first-order valence-electron chi connectivity index (χ1n) is 9.13. The Morgan fingerprint density at radius 2 is 1.90 bits per heavy atom. The summed E-state index contributed by atoms with van der Waals surface area (Å²) >= 11 is 0. The van der Waals surface area contributed by atoms with Crippen LogP contribution in [-0.2, 0) is 21.3 Å². The highest BCUT2D eigenvalue weighted by atomic mass is 19.1. The number of nitrogens with zero attached hydrogens (tertiary/aromatic N) is 3. The molecule has 8 radical (unpaired) electrons. The van der Waals surface area contributed by atoms with Crippen LogP contribution in [0.2, 0.25) is 0 Å². The Balaban J connectivity index is 0.000000469. The lowest BCUT2D eigenvalue weighted by Gasteiger charge is -2.53. The number of halogens is 1. The molecule has 1 amide bonds. The van der Waals surface area contributed by atoms with Crippen molar-refractivity contribution < 1.29 is 13.9 Å². The van der Waals surface area contributed by atoms with Crippen molar-refractivity contribution in [1.29, 1.82) is 0 Å². The van der Waals surface area contributed by atoms with Crippen LogP contribution in [0.25, 0.3) is 0 Å². The van der Waals surface area contributed by atoms with Gasteiger partial charge in [0.15, 0.2) is 5.82 Å². The maximum atomic E-state index is 13.7. The highest BCUT2D eigenvalue weighted by Gasteiger charge is 2.42. The van der Waals surface area contributed by atoms with Crippen molar-refractivity contribution in [1.82, 2.24) is 14.9 Å². The molecule has 0 saturated carbocycles. The predicted octanol–water partition coefficient (Wildman–Crippen LogP) is 1.24. The topological polar surface area (TPSA) is 67.3 Å². The molecule has 3 rings (SSSR count). The van der Waals surface area contributed by atoms with E-state index in [-0.39, 0.29) is 17.7 Å². The van der Waals surface area contributed by atoms with Gasteiger partial charge in [0, 0.05) is 19.0 Å². The standard InChI is InChI=1S/C14H9B4FN4O.C5H12O/c15-13(16)4-12-9(14(17,18)23(13)7-24)3-8(5-21-12)22-11-1-2-20-6-10(11)19;1-5(2,3)6-4/h1-3,5-7H,4H2,(H,20,22);1-4H3. The molecule has 1 N–H and O–H groups in total. The van der Waals surface area contributed by atoms with Crippen LogP contribution in [-0.4, -0.2) is 70.7 Å². The zero-order valence-electron chi connectivity index (χ0n) is 17.5. The van der Waals surface area contributed by atoms with Crippen LogP contribution in [0.5, 0.6) is 0 Å². The fourth-order valence-corrected chi connectivity index (χ4v) is 2.69. The average Bonchev–Trinajstić information content (AvgIpc) is 2.63. The predicted molar refractivity (Wildman–Crippen MR) is 118 cm³/mol. The Bertz CT molecular complexity index is 906. The second-order valence-corrected chi connectivity index (χ2v) is 7.98. The van der Waals surface area contributed by atoms with Crippen molar-refractivity contribution in [3.8, 4) is 0 Å². The molecule has 6 nitrogen and oxygen atoms in total. The summed E-state index contributed by atoms with van der Waals surface area (Å²) in [6.45, 7) is 6.06. The molecule has 0 fully saturated rings. The number of carbonyl (C=O) groups excluding carboxylic acids is 1. The molecule has 0 atom stereocenters. The number of methoxy groups -OCH3 is 1. The molecular formula is C19H21B4FN4O2. The monoisotopic (exact) mass is 400 g/mol. The third-order valence-electron chi connectivity index (χ3n) is 4.47. The third-order valence-corrected chi connectivity index (χ3v) is 4.47. The molecule has 11 heteroatoms. The molecule has 148 valence electrons. The number of ether oxygens (including phenoxy) is 1. The number of nitrogens with one attached hydrogen (secondary N) is 1. The smallest absolute Gasteiger partial charge is 0.208 e. The van der Waals surface area contributed by atoms with Crippen LogP contribution in [0, 0.1) is 5.82 Å². The van der Waals surface area contributed by atoms with E-state index in [0.29, 0.717) is 23.4 Å². The number of fused-ring (bicyclic) bond motifs is 1. The van der Waals surface area contributed by atoms with Crippen LogP contribution in [0.15, 0.2) is 30.7 Å². The lowest BCUT2D eigenvalue weighted by molar-refractivity contribution is -0.122. The van der Waals surface area contributed by atoms with Gasteiger partial charge in [0.25, 0.3) is 0 Å². The Labute approximate surface area is 182 Å². The van der Waals surface area contributed by atoms with E-state index in [9.17, 15) is 9.18 Å². The summed E-state index contributed by atoms with van der Waals surface area (Å²) < 4.78 is 18.6. The van der Waals surface area contributed by atoms with Gasteiger partial charge in [-0.2, -0.15) is 0 Å². The molecule has 0 unspecified atom stereocenters. The number of pyridine rings is 2. The highest BCUT2D eigenvalue weighted by Crippen LogP contribution is 2.36. The van der Waals surface area contributed by atoms with E-state index in [1.54, 1.807) is 13.2 Å². The second-order valence-electron chi connectivity index (χ2n) is 7.98. The van der Waals surface area contributed by atoms with Crippen molar-refractivity contribution >= 4 is 49.2 Å². The van der Waals surface area contributed by atoms with Gasteiger partial charge in [-0.15, -0.1) is 0 Å². The van der Waals surface area contributed by atoms with Gasteiger partial charge in [-0.1, -0.05) is 0 Å². The van der Waals surface area contributed by atoms with Crippen LogP contribution in [0.3, 0.4) is 0 Å². The van der Waals surface area contributed by atoms with Gasteiger partial charge in [0.1, 0.15) is 0 Å². The first-order valence-corrected chi connectivity index (χ1v) is 9.13. The van der Waals surface area contributed by atoms with E-state index >= 15 is 0 Å². The van der Waals surface area contributed by atoms with Crippen molar-refractivity contribution in [2.24, 2.45) is 0 Å². The number of aromatic nitrogens is 2. The molecule has 3 heterocycles. The molecule has 30 heavy (non-hydrogen) atoms. The third kappa shape index (κ3) is 5.45. The molecule has 2 aromatic rings. The maximum Gasteiger partial charge on any atom is 0.208 e. The number of hydrogen-bond donors (Lipinski definition) is 1. The van der Waals surface area contributed by atoms with E-state index in [0.717, 1.165) is 11.1 Å². The van der Waals surface area contributed by atoms with Gasteiger partial charge in [0.05, 0.1) is 60.8 Å². The second kappa shape index (κ2) is 8.84. The number of amides is 1. The van der Waals surface area contributed by atoms with Crippen molar-refractivity contribution in [2.75, 3.05) is 12.4 Å². The normalized spacial score (nSPS) is 16.6. The first kappa shape index (κ1) is 24.0. The first-order chi connectivity index (χ1) is 13.8. The van der Waals surface area contributed by atoms with E-state index in [2.05, 4.69) is 15.3 Å². The summed E-state index contributed by atoms with van der Waals surface area (Å²) in [5.74, 6) is -0.528. The van der Waals surface area contributed by atoms with E-state index < -0.39 is 16.5 Å². The molecule has 1 aliphatic rings. The van der Waals surface area contributed by atoms with Crippen molar-refractivity contribution in [3.05, 3.63) is 47.8 Å². The molecule has 0 aromatic carbocycles. The number of rotatable bonds is 3. The fourth-order valence-electron chi connectivity index (χ4n) is 2.69. The molecule has 0 aliphatic carbocycles. The van der Waals surface area contributed by atoms with E-state index in [1.807, 2.05) is 20.8 Å². The van der Waals surface area contributed by atoms with Crippen LogP contribution >= 0.6 is 0 Å². The molecule has 2 aromatic heterocycles. The minimum Gasteiger partial charge on any atom is -0.379 e. The molecule has 0 bridgehead atoms. The molecule has 0 saturated heterocycles. The lowest BCUT2D eigenvalue weighted by Crippen LogP contribution is -2.64. The van der Waals surface area contributed by atoms with Crippen LogP contribution < -0.4 is 5.32 Å². The Kier molecular flexibility index (Phi) is 7.07. The summed E-state index contributed by atoms with van der Waals surface area (Å²) in [5, 5.41) is -0.452. The largest absolute Gasteiger partial charge is 0.379 e. The van der Waals surface area contributed by atoms with Gasteiger partial charge in [-0.25, -0.2) is 4.39 Å². The zero-order chi connectivity index (χ0) is 22.7. The van der Waals surface area contributed by atoms with Crippen molar-refractivity contribution in [2.45, 2.75) is 43.5 Å². The molecule has 1 aliphatic heterocycles. The van der Waals surface area contributed by atoms with E-state index in [1.165, 1.54) is 18.5 Å². The van der Waals surface area contributed by atoms with Gasteiger partial charge in [0.2, 0.25) is 6.41 Å². The van der Waals surface area contributed by atoms with Gasteiger partial charge >= 0.3 is 0 Å². The summed E-state index contributed by atoms with van der Waals surface area (Å²) in [5.41, 5.74) is 1.51. The molecule has 0 spiro atoms. The summed E-state index contributed by atoms with van der Waals surface area (Å²) in [7, 11) is 25.7. The minimum absolute atomic E-state index is 0.0417. The number of hydrogen-bond acceptors (Lipinski definition) is 5. The zero-order valence-corrected chi connectivity index (χ0v) is 17.5. The minimum atomic E-state index is -1.75. The number of carbonyl (C=O) groups is 1. The average molecular weight is 400 g/mol. The van der Waals surface area contributed by atoms with Gasteiger partial charge < -0.3 is 15.0 Å². The molecular weight excluding hydrogens is 378 g/mol. The Morgan fingerprint density at radius 1 is 1.27 bits per heavy atom. The van der Waals surface area contributed by atoms with Crippen molar-refractivity contribution in [3.63, 3.8) is 0 Å². The Hall–Kier alpha value is -2.28. The fraction of sp³-hybridized carbons (Fsp3) is 0.421. The Morgan fingerprint density at radius 3 is 2.43 bits per heavy atom. The summed E-state index contributed by atoms with van der Waals surface area (Å²) in [6, 6.07) is 3.05. The van der Waals surface area contributed by atoms with Crippen LogP contribution in [0.4, 0.5) is 15.8 Å². The maximum absolute atomic E-state index is 13.7. The lowest BCUT2D eigenvalue weighted by atomic mass is 9.46. The van der Waals surface area contributed by atoms with Gasteiger partial charge in [-0.05, 0) is 55.6 Å². The van der Waals surface area contributed by atoms with Gasteiger partial charge in [-0.3, -0.25) is 14.8 Å². The SMILES string of the molecule is COC(C)(C)C.[B]C1([B])Cc2ncc(Nc3ccncc3F)cc2C([B])([B])N1C=O. The quantitative estimate of drug-likeness (QED) is 0.621. The van der Waals surface area contributed by atoms with Crippen LogP contribution in [0.1, 0.15) is 32.0 Å². The number of anilines is 2. The highest BCUT2D eigenvalue weighted by molar-refractivity contribution is 6.45.